The molecule has 16 heavy (non-hydrogen) atoms. The number of nitrogens with zero attached hydrogens (tertiary/aromatic N) is 2. The molecule has 0 aliphatic carbocycles. The zero-order chi connectivity index (χ0) is 11.5. The molecule has 0 saturated carbocycles. The van der Waals surface area contributed by atoms with Gasteiger partial charge in [0.05, 0.1) is 9.83 Å². The van der Waals surface area contributed by atoms with Crippen LogP contribution in [0.5, 0.6) is 0 Å². The first kappa shape index (κ1) is 11.8. The van der Waals surface area contributed by atoms with E-state index >= 15 is 0 Å². The van der Waals surface area contributed by atoms with Gasteiger partial charge in [-0.05, 0) is 32.9 Å². The van der Waals surface area contributed by atoms with Crippen LogP contribution in [0.3, 0.4) is 0 Å². The van der Waals surface area contributed by atoms with Crippen LogP contribution in [0.2, 0.25) is 0 Å². The van der Waals surface area contributed by atoms with Crippen LogP contribution in [0.15, 0.2) is 27.6 Å². The Balaban J connectivity index is 2.15. The van der Waals surface area contributed by atoms with Crippen LogP contribution in [-0.4, -0.2) is 9.55 Å². The SMILES string of the molecule is Cn1ccnc1CC(NN)c1csc(Br)c1. The lowest BCUT2D eigenvalue weighted by atomic mass is 10.1. The predicted molar refractivity (Wildman–Crippen MR) is 69.0 cm³/mol. The van der Waals surface area contributed by atoms with Crippen LogP contribution < -0.4 is 11.3 Å². The summed E-state index contributed by atoms with van der Waals surface area (Å²) in [5, 5.41) is 2.09. The Bertz CT molecular complexity index is 465. The van der Waals surface area contributed by atoms with Crippen molar-refractivity contribution in [3.05, 3.63) is 39.0 Å². The summed E-state index contributed by atoms with van der Waals surface area (Å²) < 4.78 is 3.12. The molecule has 4 nitrogen and oxygen atoms in total. The largest absolute Gasteiger partial charge is 0.338 e. The molecule has 1 atom stereocenters. The van der Waals surface area contributed by atoms with Gasteiger partial charge in [0.2, 0.25) is 0 Å². The predicted octanol–water partition coefficient (Wildman–Crippen LogP) is 1.99. The van der Waals surface area contributed by atoms with Gasteiger partial charge in [-0.25, -0.2) is 4.98 Å². The van der Waals surface area contributed by atoms with Crippen molar-refractivity contribution < 1.29 is 0 Å². The van der Waals surface area contributed by atoms with Crippen molar-refractivity contribution in [1.82, 2.24) is 15.0 Å². The number of nitrogens with one attached hydrogen (secondary N) is 1. The number of aromatic nitrogens is 2. The van der Waals surface area contributed by atoms with E-state index in [0.29, 0.717) is 0 Å². The molecule has 0 fully saturated rings. The molecular formula is C10H13BrN4S. The average Bonchev–Trinajstić information content (AvgIpc) is 2.85. The Morgan fingerprint density at radius 1 is 1.69 bits per heavy atom. The van der Waals surface area contributed by atoms with Crippen LogP contribution in [0, 0.1) is 0 Å². The van der Waals surface area contributed by atoms with Crippen molar-refractivity contribution in [1.29, 1.82) is 0 Å². The zero-order valence-electron chi connectivity index (χ0n) is 8.85. The number of hydrazine groups is 1. The van der Waals surface area contributed by atoms with Crippen LogP contribution in [0.25, 0.3) is 0 Å². The molecule has 0 radical (unpaired) electrons. The molecule has 0 amide bonds. The highest BCUT2D eigenvalue weighted by molar-refractivity contribution is 9.11. The molecule has 6 heteroatoms. The van der Waals surface area contributed by atoms with Crippen molar-refractivity contribution in [2.24, 2.45) is 12.9 Å². The summed E-state index contributed by atoms with van der Waals surface area (Å²) in [5.41, 5.74) is 4.01. The number of hydrogen-bond donors (Lipinski definition) is 2. The fraction of sp³-hybridized carbons (Fsp3) is 0.300. The standard InChI is InChI=1S/C10H13BrN4S/c1-15-3-2-13-10(15)5-8(14-12)7-4-9(11)16-6-7/h2-4,6,8,14H,5,12H2,1H3. The molecule has 2 heterocycles. The number of aryl methyl sites for hydroxylation is 1. The lowest BCUT2D eigenvalue weighted by Crippen LogP contribution is -2.30. The second-order valence-corrected chi connectivity index (χ2v) is 5.85. The first-order chi connectivity index (χ1) is 7.70. The van der Waals surface area contributed by atoms with Crippen LogP contribution >= 0.6 is 27.3 Å². The fourth-order valence-corrected chi connectivity index (χ4v) is 2.78. The minimum absolute atomic E-state index is 0.101. The smallest absolute Gasteiger partial charge is 0.110 e. The topological polar surface area (TPSA) is 55.9 Å². The first-order valence-corrected chi connectivity index (χ1v) is 6.54. The Kier molecular flexibility index (Phi) is 3.75. The van der Waals surface area contributed by atoms with Crippen molar-refractivity contribution >= 4 is 27.3 Å². The number of thiophene rings is 1. The summed E-state index contributed by atoms with van der Waals surface area (Å²) in [7, 11) is 1.99. The second kappa shape index (κ2) is 5.09. The van der Waals surface area contributed by atoms with E-state index in [2.05, 4.69) is 37.8 Å². The highest BCUT2D eigenvalue weighted by atomic mass is 79.9. The van der Waals surface area contributed by atoms with E-state index in [9.17, 15) is 0 Å². The van der Waals surface area contributed by atoms with Gasteiger partial charge in [-0.3, -0.25) is 11.3 Å². The Hall–Kier alpha value is -0.690. The third kappa shape index (κ3) is 2.52. The fourth-order valence-electron chi connectivity index (χ4n) is 1.55. The summed E-state index contributed by atoms with van der Waals surface area (Å²) in [5.74, 6) is 6.60. The molecule has 0 spiro atoms. The van der Waals surface area contributed by atoms with Gasteiger partial charge >= 0.3 is 0 Å². The number of rotatable bonds is 4. The minimum Gasteiger partial charge on any atom is -0.338 e. The van der Waals surface area contributed by atoms with Gasteiger partial charge in [-0.1, -0.05) is 0 Å². The van der Waals surface area contributed by atoms with E-state index in [0.717, 1.165) is 16.0 Å². The van der Waals surface area contributed by atoms with E-state index in [-0.39, 0.29) is 6.04 Å². The Labute approximate surface area is 107 Å². The molecule has 0 aliphatic rings. The summed E-state index contributed by atoms with van der Waals surface area (Å²) >= 11 is 5.11. The van der Waals surface area contributed by atoms with Crippen LogP contribution in [-0.2, 0) is 13.5 Å². The van der Waals surface area contributed by atoms with Crippen LogP contribution in [0.1, 0.15) is 17.4 Å². The molecular weight excluding hydrogens is 288 g/mol. The number of hydrogen-bond acceptors (Lipinski definition) is 4. The van der Waals surface area contributed by atoms with Gasteiger partial charge in [-0.2, -0.15) is 0 Å². The molecule has 0 bridgehead atoms. The lowest BCUT2D eigenvalue weighted by Gasteiger charge is -2.14. The number of imidazole rings is 1. The first-order valence-electron chi connectivity index (χ1n) is 4.87. The normalized spacial score (nSPS) is 12.9. The maximum absolute atomic E-state index is 5.58. The lowest BCUT2D eigenvalue weighted by molar-refractivity contribution is 0.531. The van der Waals surface area contributed by atoms with E-state index in [4.69, 9.17) is 5.84 Å². The molecule has 2 aromatic heterocycles. The average molecular weight is 301 g/mol. The molecule has 86 valence electrons. The van der Waals surface area contributed by atoms with Crippen molar-refractivity contribution in [2.45, 2.75) is 12.5 Å². The second-order valence-electron chi connectivity index (χ2n) is 3.56. The molecule has 3 N–H and O–H groups in total. The van der Waals surface area contributed by atoms with Crippen LogP contribution in [0.4, 0.5) is 0 Å². The molecule has 2 rings (SSSR count). The Morgan fingerprint density at radius 2 is 2.50 bits per heavy atom. The van der Waals surface area contributed by atoms with Gasteiger partial charge in [0.1, 0.15) is 5.82 Å². The van der Waals surface area contributed by atoms with Crippen molar-refractivity contribution in [2.75, 3.05) is 0 Å². The summed E-state index contributed by atoms with van der Waals surface area (Å²) in [4.78, 5) is 4.29. The van der Waals surface area contributed by atoms with Crippen molar-refractivity contribution in [3.63, 3.8) is 0 Å². The third-order valence-electron chi connectivity index (χ3n) is 2.50. The van der Waals surface area contributed by atoms with Gasteiger partial charge in [0, 0.05) is 25.9 Å². The minimum atomic E-state index is 0.101. The van der Waals surface area contributed by atoms with Gasteiger partial charge < -0.3 is 4.57 Å². The van der Waals surface area contributed by atoms with E-state index in [1.165, 1.54) is 5.56 Å². The molecule has 0 saturated heterocycles. The van der Waals surface area contributed by atoms with E-state index in [1.54, 1.807) is 17.5 Å². The summed E-state index contributed by atoms with van der Waals surface area (Å²) in [6, 6.07) is 2.18. The van der Waals surface area contributed by atoms with E-state index in [1.807, 2.05) is 17.8 Å². The quantitative estimate of drug-likeness (QED) is 0.671. The number of nitrogens with two attached hydrogens (primary N) is 1. The number of halogens is 1. The monoisotopic (exact) mass is 300 g/mol. The summed E-state index contributed by atoms with van der Waals surface area (Å²) in [6.45, 7) is 0. The molecule has 2 aromatic rings. The maximum atomic E-state index is 5.58. The molecule has 0 aliphatic heterocycles. The third-order valence-corrected chi connectivity index (χ3v) is 4.02. The van der Waals surface area contributed by atoms with Gasteiger partial charge in [-0.15, -0.1) is 11.3 Å². The molecule has 0 aromatic carbocycles. The highest BCUT2D eigenvalue weighted by Crippen LogP contribution is 2.26. The van der Waals surface area contributed by atoms with Gasteiger partial charge in [0.25, 0.3) is 0 Å². The Morgan fingerprint density at radius 3 is 3.00 bits per heavy atom. The summed E-state index contributed by atoms with van der Waals surface area (Å²) in [6.07, 6.45) is 4.52. The zero-order valence-corrected chi connectivity index (χ0v) is 11.3. The van der Waals surface area contributed by atoms with E-state index < -0.39 is 0 Å². The van der Waals surface area contributed by atoms with Gasteiger partial charge in [0.15, 0.2) is 0 Å². The molecule has 1 unspecified atom stereocenters. The highest BCUT2D eigenvalue weighted by Gasteiger charge is 2.14. The van der Waals surface area contributed by atoms with Crippen molar-refractivity contribution in [3.8, 4) is 0 Å². The maximum Gasteiger partial charge on any atom is 0.110 e.